The van der Waals surface area contributed by atoms with E-state index >= 15 is 0 Å². The highest BCUT2D eigenvalue weighted by atomic mass is 79.9. The summed E-state index contributed by atoms with van der Waals surface area (Å²) in [6.07, 6.45) is 8.81. The first-order chi connectivity index (χ1) is 60.8. The summed E-state index contributed by atoms with van der Waals surface area (Å²) in [5.74, 6) is 1.23. The highest BCUT2D eigenvalue weighted by Gasteiger charge is 2.51. The molecule has 0 aliphatic carbocycles. The maximum atomic E-state index is 8.87. The zero-order valence-corrected chi connectivity index (χ0v) is 75.8. The highest BCUT2D eigenvalue weighted by Crippen LogP contribution is 2.40. The van der Waals surface area contributed by atoms with Crippen molar-refractivity contribution in [2.24, 2.45) is 5.92 Å². The van der Waals surface area contributed by atoms with Crippen molar-refractivity contribution < 1.29 is 19.0 Å². The molecule has 1 aliphatic rings. The van der Waals surface area contributed by atoms with E-state index in [0.29, 0.717) is 19.4 Å². The van der Waals surface area contributed by atoms with Gasteiger partial charge in [-0.25, -0.2) is 19.9 Å². The summed E-state index contributed by atoms with van der Waals surface area (Å²) in [6.45, 7) is 17.0. The molecule has 11 nitrogen and oxygen atoms in total. The van der Waals surface area contributed by atoms with Crippen LogP contribution in [0.3, 0.4) is 0 Å². The molecule has 1 aliphatic heterocycles. The summed E-state index contributed by atoms with van der Waals surface area (Å²) in [7, 11) is 0.456. The molecule has 0 unspecified atom stereocenters. The Bertz CT molecular complexity index is 6340. The van der Waals surface area contributed by atoms with Gasteiger partial charge in [0.15, 0.2) is 0 Å². The standard InChI is InChI=1S/C32H28N2.C32H26N2.C17H13BNO2.C12H17BO2.C11H8BrN.C5H3Br2N/c2*1-23(2)20-24-18-19-33-32(21-24)27-13-8-12-26(22-27)28-14-6-7-15-29(28)31-17-9-16-30(34-31)25-10-4-3-5-11-25;20-18-21-17-10-2-1-8-15(17)13-6-5-7-14(12-13)16-9-3-4-11-19-16;1-11(2)12(3,4)15-13(14-11)10-8-6-5-7-9-10;12-11-8-4-7-10(13-11)9-5-2-1-3-6-9;6-4-2-1-3-5(7)8-4/h3-19,21-23H,20H2,1-2H3;3-22H,1-2H3;1-12,20H;5-9H,1-4H3;1-8H;1-3H. The molecule has 10 aromatic carbocycles. The van der Waals surface area contributed by atoms with Crippen LogP contribution in [0.15, 0.2) is 420 Å². The average molecular weight is 1830 g/mol. The number of nitrogens with zero attached hydrogens (tertiary/aromatic N) is 7. The van der Waals surface area contributed by atoms with E-state index in [-0.39, 0.29) is 18.3 Å². The van der Waals surface area contributed by atoms with Crippen LogP contribution >= 0.6 is 47.8 Å². The van der Waals surface area contributed by atoms with Crippen LogP contribution in [0.4, 0.5) is 0 Å². The molecule has 1 radical (unpaired) electrons. The molecule has 1 saturated heterocycles. The molecule has 8 heterocycles. The zero-order chi connectivity index (χ0) is 87.3. The third-order valence-electron chi connectivity index (χ3n) is 20.7. The van der Waals surface area contributed by atoms with E-state index < -0.39 is 0 Å². The van der Waals surface area contributed by atoms with Gasteiger partial charge in [0.05, 0.1) is 56.8 Å². The average Bonchev–Trinajstić information content (AvgIpc) is 1.62. The van der Waals surface area contributed by atoms with Crippen molar-refractivity contribution in [1.82, 2.24) is 34.9 Å². The molecule has 0 saturated carbocycles. The fourth-order valence-electron chi connectivity index (χ4n) is 14.0. The molecule has 18 rings (SSSR count). The molecule has 1 N–H and O–H groups in total. The number of pyridine rings is 7. The van der Waals surface area contributed by atoms with Crippen LogP contribution in [-0.4, -0.2) is 65.9 Å². The molecule has 125 heavy (non-hydrogen) atoms. The molecule has 0 bridgehead atoms. The predicted molar refractivity (Wildman–Crippen MR) is 528 cm³/mol. The normalized spacial score (nSPS) is 12.0. The summed E-state index contributed by atoms with van der Waals surface area (Å²) in [5, 5.41) is 8.87. The van der Waals surface area contributed by atoms with Crippen molar-refractivity contribution in [3.63, 3.8) is 0 Å². The smallest absolute Gasteiger partial charge is 0.537 e. The van der Waals surface area contributed by atoms with Gasteiger partial charge in [-0.1, -0.05) is 298 Å². The van der Waals surface area contributed by atoms with E-state index in [1.807, 2.05) is 200 Å². The highest BCUT2D eigenvalue weighted by molar-refractivity contribution is 9.11. The van der Waals surface area contributed by atoms with Crippen molar-refractivity contribution in [2.75, 3.05) is 0 Å². The first-order valence-corrected chi connectivity index (χ1v) is 43.8. The first-order valence-electron chi connectivity index (χ1n) is 41.4. The van der Waals surface area contributed by atoms with Gasteiger partial charge in [0, 0.05) is 68.7 Å². The summed E-state index contributed by atoms with van der Waals surface area (Å²) in [5.41, 5.74) is 27.6. The van der Waals surface area contributed by atoms with E-state index in [9.17, 15) is 0 Å². The maximum absolute atomic E-state index is 8.87. The monoisotopic (exact) mass is 1820 g/mol. The van der Waals surface area contributed by atoms with E-state index in [4.69, 9.17) is 29.0 Å². The van der Waals surface area contributed by atoms with Gasteiger partial charge in [0.1, 0.15) is 19.6 Å². The summed E-state index contributed by atoms with van der Waals surface area (Å²) >= 11 is 9.79. The van der Waals surface area contributed by atoms with Crippen molar-refractivity contribution in [3.05, 3.63) is 431 Å². The summed E-state index contributed by atoms with van der Waals surface area (Å²) < 4.78 is 19.6. The summed E-state index contributed by atoms with van der Waals surface area (Å²) in [4.78, 5) is 32.0. The fraction of sp³-hybridized carbons (Fsp3) is 0.110. The Morgan fingerprint density at radius 1 is 0.344 bits per heavy atom. The van der Waals surface area contributed by atoms with Crippen LogP contribution in [0.2, 0.25) is 0 Å². The third-order valence-corrected chi connectivity index (χ3v) is 22.0. The lowest BCUT2D eigenvalue weighted by Crippen LogP contribution is -2.41. The molecule has 7 aromatic heterocycles. The fourth-order valence-corrected chi connectivity index (χ4v) is 15.2. The molecule has 617 valence electrons. The van der Waals surface area contributed by atoms with Crippen LogP contribution < -0.4 is 10.1 Å². The van der Waals surface area contributed by atoms with Crippen molar-refractivity contribution in [3.8, 4) is 129 Å². The number of halogens is 3. The minimum Gasteiger partial charge on any atom is -0.537 e. The van der Waals surface area contributed by atoms with E-state index in [1.54, 1.807) is 6.20 Å². The molecule has 1 fully saturated rings. The molecule has 0 spiro atoms. The van der Waals surface area contributed by atoms with E-state index in [2.05, 4.69) is 328 Å². The third kappa shape index (κ3) is 25.5. The Labute approximate surface area is 761 Å². The van der Waals surface area contributed by atoms with Gasteiger partial charge in [-0.3, -0.25) is 15.0 Å². The van der Waals surface area contributed by atoms with Crippen molar-refractivity contribution in [2.45, 2.75) is 73.0 Å². The Hall–Kier alpha value is -12.8. The quantitative estimate of drug-likeness (QED) is 0.0689. The number of benzene rings is 10. The number of para-hydroxylation sites is 1. The minimum atomic E-state index is -0.256. The van der Waals surface area contributed by atoms with E-state index in [1.165, 1.54) is 16.7 Å². The van der Waals surface area contributed by atoms with Crippen molar-refractivity contribution in [1.29, 1.82) is 0 Å². The first kappa shape index (κ1) is 90.0. The lowest BCUT2D eigenvalue weighted by Gasteiger charge is -2.32. The van der Waals surface area contributed by atoms with Crippen LogP contribution in [0, 0.1) is 5.92 Å². The topological polar surface area (TPSA) is 138 Å². The Balaban J connectivity index is 0.000000137. The Kier molecular flexibility index (Phi) is 32.1. The maximum Gasteiger partial charge on any atom is 0.569 e. The molecule has 0 amide bonds. The Morgan fingerprint density at radius 2 is 0.704 bits per heavy atom. The molecule has 17 aromatic rings. The van der Waals surface area contributed by atoms with Gasteiger partial charge in [-0.2, -0.15) is 0 Å². The SMILES string of the molecule is Brc1cccc(-c2ccccc2)n1.Brc1cccc(Br)n1.CC(C)=Cc1ccnc(-c2cccc(-c3ccccc3-c3cccc(-c4ccccc4)n3)c2)c1.CC(C)Cc1ccnc(-c2cccc(-c3ccccc3-c3cccc(-c4ccccc4)n3)c2)c1.CC1(C)OB(c2ccccc2)OC1(C)C.O[B]Oc1ccccc1-c1cccc(-c2ccccn2)c1. The second-order valence-electron chi connectivity index (χ2n) is 31.2. The number of allylic oxidation sites excluding steroid dienone is 1. The second kappa shape index (κ2) is 44.5. The van der Waals surface area contributed by atoms with E-state index in [0.717, 1.165) is 149 Å². The largest absolute Gasteiger partial charge is 0.569 e. The number of hydrogen-bond acceptors (Lipinski definition) is 11. The molecule has 0 atom stereocenters. The van der Waals surface area contributed by atoms with Crippen LogP contribution in [-0.2, 0) is 15.7 Å². The minimum absolute atomic E-state index is 0.240. The van der Waals surface area contributed by atoms with Gasteiger partial charge in [-0.05, 0) is 255 Å². The van der Waals surface area contributed by atoms with Crippen molar-refractivity contribution >= 4 is 74.1 Å². The van der Waals surface area contributed by atoms with Gasteiger partial charge in [0.25, 0.3) is 0 Å². The molecule has 16 heteroatoms. The van der Waals surface area contributed by atoms with Crippen LogP contribution in [0.1, 0.15) is 66.5 Å². The molecular weight excluding hydrogens is 1730 g/mol. The predicted octanol–water partition coefficient (Wildman–Crippen LogP) is 28.3. The van der Waals surface area contributed by atoms with Gasteiger partial charge < -0.3 is 19.0 Å². The summed E-state index contributed by atoms with van der Waals surface area (Å²) in [6, 6.07) is 129. The van der Waals surface area contributed by atoms with Crippen LogP contribution in [0.25, 0.3) is 130 Å². The van der Waals surface area contributed by atoms with Gasteiger partial charge >= 0.3 is 14.8 Å². The zero-order valence-electron chi connectivity index (χ0n) is 71.1. The Morgan fingerprint density at radius 3 is 1.16 bits per heavy atom. The second-order valence-corrected chi connectivity index (χ2v) is 33.6. The molecular formula is C109H95B2Br3N7O4. The van der Waals surface area contributed by atoms with Gasteiger partial charge in [-0.15, -0.1) is 0 Å². The lowest BCUT2D eigenvalue weighted by molar-refractivity contribution is 0.00578. The lowest BCUT2D eigenvalue weighted by atomic mass is 9.79. The number of aromatic nitrogens is 7. The van der Waals surface area contributed by atoms with Crippen LogP contribution in [0.5, 0.6) is 5.75 Å². The van der Waals surface area contributed by atoms with Gasteiger partial charge in [0.2, 0.25) is 0 Å². The number of hydrogen-bond donors (Lipinski definition) is 1. The number of rotatable bonds is 17.